The van der Waals surface area contributed by atoms with E-state index in [1.807, 2.05) is 0 Å². The summed E-state index contributed by atoms with van der Waals surface area (Å²) in [6, 6.07) is 0.170. The van der Waals surface area contributed by atoms with Crippen LogP contribution in [-0.2, 0) is 22.5 Å². The number of rotatable bonds is 2. The standard InChI is InChI=1S/C10H12N2O4/c13-10(14)9-7-1-2-15-5-8(7)12(11-9)6-3-16-4-6/h6H,1-5H2,(H,13,14). The van der Waals surface area contributed by atoms with Gasteiger partial charge in [-0.15, -0.1) is 0 Å². The first kappa shape index (κ1) is 9.80. The predicted octanol–water partition coefficient (Wildman–Crippen LogP) is 0.225. The smallest absolute Gasteiger partial charge is 0.356 e. The lowest BCUT2D eigenvalue weighted by Gasteiger charge is -2.28. The van der Waals surface area contributed by atoms with Crippen LogP contribution in [0.2, 0.25) is 0 Å². The topological polar surface area (TPSA) is 73.6 Å². The number of carbonyl (C=O) groups is 1. The summed E-state index contributed by atoms with van der Waals surface area (Å²) in [7, 11) is 0. The number of hydrogen-bond donors (Lipinski definition) is 1. The molecule has 1 aromatic rings. The van der Waals surface area contributed by atoms with Crippen molar-refractivity contribution in [1.82, 2.24) is 9.78 Å². The van der Waals surface area contributed by atoms with E-state index in [1.54, 1.807) is 4.68 Å². The van der Waals surface area contributed by atoms with Crippen LogP contribution in [0.3, 0.4) is 0 Å². The minimum absolute atomic E-state index is 0.170. The van der Waals surface area contributed by atoms with Crippen molar-refractivity contribution in [2.75, 3.05) is 19.8 Å². The van der Waals surface area contributed by atoms with Crippen LogP contribution in [0.25, 0.3) is 0 Å². The second kappa shape index (κ2) is 3.57. The van der Waals surface area contributed by atoms with Crippen molar-refractivity contribution in [3.63, 3.8) is 0 Å². The van der Waals surface area contributed by atoms with Gasteiger partial charge in [-0.05, 0) is 0 Å². The second-order valence-corrected chi connectivity index (χ2v) is 4.02. The van der Waals surface area contributed by atoms with Crippen molar-refractivity contribution in [3.8, 4) is 0 Å². The van der Waals surface area contributed by atoms with Gasteiger partial charge in [0.25, 0.3) is 0 Å². The van der Waals surface area contributed by atoms with Gasteiger partial charge in [0.2, 0.25) is 0 Å². The van der Waals surface area contributed by atoms with Crippen molar-refractivity contribution in [1.29, 1.82) is 0 Å². The lowest BCUT2D eigenvalue weighted by atomic mass is 10.1. The third-order valence-electron chi connectivity index (χ3n) is 3.02. The Bertz CT molecular complexity index is 436. The SMILES string of the molecule is O=C(O)c1nn(C2COC2)c2c1CCOC2. The molecule has 16 heavy (non-hydrogen) atoms. The molecule has 3 heterocycles. The van der Waals surface area contributed by atoms with Gasteiger partial charge in [-0.1, -0.05) is 0 Å². The molecule has 0 atom stereocenters. The molecule has 1 N–H and O–H groups in total. The summed E-state index contributed by atoms with van der Waals surface area (Å²) in [5.41, 5.74) is 1.90. The number of aromatic nitrogens is 2. The summed E-state index contributed by atoms with van der Waals surface area (Å²) in [5, 5.41) is 13.2. The first-order valence-corrected chi connectivity index (χ1v) is 5.26. The van der Waals surface area contributed by atoms with E-state index in [4.69, 9.17) is 14.6 Å². The van der Waals surface area contributed by atoms with Gasteiger partial charge in [-0.3, -0.25) is 4.68 Å². The number of carboxylic acids is 1. The minimum Gasteiger partial charge on any atom is -0.476 e. The van der Waals surface area contributed by atoms with Gasteiger partial charge < -0.3 is 14.6 Å². The largest absolute Gasteiger partial charge is 0.476 e. The Kier molecular flexibility index (Phi) is 2.19. The molecule has 2 aliphatic rings. The number of fused-ring (bicyclic) bond motifs is 1. The van der Waals surface area contributed by atoms with Crippen molar-refractivity contribution in [3.05, 3.63) is 17.0 Å². The normalized spacial score (nSPS) is 20.2. The molecule has 2 aliphatic heterocycles. The highest BCUT2D eigenvalue weighted by Gasteiger charge is 2.31. The molecule has 6 heteroatoms. The van der Waals surface area contributed by atoms with Gasteiger partial charge in [0, 0.05) is 12.0 Å². The average molecular weight is 224 g/mol. The summed E-state index contributed by atoms with van der Waals surface area (Å²) < 4.78 is 12.2. The summed E-state index contributed by atoms with van der Waals surface area (Å²) >= 11 is 0. The Morgan fingerprint density at radius 3 is 2.88 bits per heavy atom. The quantitative estimate of drug-likeness (QED) is 0.778. The van der Waals surface area contributed by atoms with Crippen LogP contribution in [0.5, 0.6) is 0 Å². The Hall–Kier alpha value is -1.40. The van der Waals surface area contributed by atoms with Gasteiger partial charge >= 0.3 is 5.97 Å². The zero-order chi connectivity index (χ0) is 11.1. The molecule has 0 radical (unpaired) electrons. The van der Waals surface area contributed by atoms with Gasteiger partial charge in [0.1, 0.15) is 0 Å². The van der Waals surface area contributed by atoms with Crippen LogP contribution >= 0.6 is 0 Å². The van der Waals surface area contributed by atoms with E-state index >= 15 is 0 Å². The maximum absolute atomic E-state index is 11.1. The first-order valence-electron chi connectivity index (χ1n) is 5.26. The number of carboxylic acid groups (broad SMARTS) is 1. The van der Waals surface area contributed by atoms with Crippen molar-refractivity contribution in [2.45, 2.75) is 19.1 Å². The maximum Gasteiger partial charge on any atom is 0.356 e. The molecule has 0 amide bonds. The van der Waals surface area contributed by atoms with E-state index in [-0.39, 0.29) is 11.7 Å². The van der Waals surface area contributed by atoms with Crippen molar-refractivity contribution >= 4 is 5.97 Å². The summed E-state index contributed by atoms with van der Waals surface area (Å²) in [6.07, 6.45) is 0.630. The van der Waals surface area contributed by atoms with Crippen LogP contribution in [0.4, 0.5) is 0 Å². The zero-order valence-electron chi connectivity index (χ0n) is 8.68. The van der Waals surface area contributed by atoms with Gasteiger partial charge in [0.15, 0.2) is 5.69 Å². The Balaban J connectivity index is 2.07. The highest BCUT2D eigenvalue weighted by molar-refractivity contribution is 5.87. The molecular formula is C10H12N2O4. The van der Waals surface area contributed by atoms with Crippen LogP contribution in [0, 0.1) is 0 Å². The Morgan fingerprint density at radius 1 is 1.44 bits per heavy atom. The van der Waals surface area contributed by atoms with Gasteiger partial charge in [-0.25, -0.2) is 4.79 Å². The third-order valence-corrected chi connectivity index (χ3v) is 3.02. The van der Waals surface area contributed by atoms with Crippen LogP contribution in [0.15, 0.2) is 0 Å². The zero-order valence-corrected chi connectivity index (χ0v) is 8.68. The predicted molar refractivity (Wildman–Crippen MR) is 52.4 cm³/mol. The molecule has 1 fully saturated rings. The average Bonchev–Trinajstić information content (AvgIpc) is 2.56. The summed E-state index contributed by atoms with van der Waals surface area (Å²) in [4.78, 5) is 11.1. The highest BCUT2D eigenvalue weighted by atomic mass is 16.5. The number of nitrogens with zero attached hydrogens (tertiary/aromatic N) is 2. The van der Waals surface area contributed by atoms with Crippen molar-refractivity contribution < 1.29 is 19.4 Å². The molecule has 3 rings (SSSR count). The Labute approximate surface area is 91.8 Å². The first-order chi connectivity index (χ1) is 7.77. The molecule has 86 valence electrons. The fourth-order valence-electron chi connectivity index (χ4n) is 2.10. The Morgan fingerprint density at radius 2 is 2.25 bits per heavy atom. The molecule has 1 saturated heterocycles. The summed E-state index contributed by atoms with van der Waals surface area (Å²) in [6.45, 7) is 2.23. The molecule has 0 saturated carbocycles. The van der Waals surface area contributed by atoms with E-state index in [2.05, 4.69) is 5.10 Å². The molecule has 0 unspecified atom stereocenters. The van der Waals surface area contributed by atoms with E-state index in [0.29, 0.717) is 32.8 Å². The second-order valence-electron chi connectivity index (χ2n) is 4.02. The van der Waals surface area contributed by atoms with E-state index in [9.17, 15) is 4.79 Å². The fourth-order valence-corrected chi connectivity index (χ4v) is 2.10. The van der Waals surface area contributed by atoms with Gasteiger partial charge in [0.05, 0.1) is 38.2 Å². The molecule has 6 nitrogen and oxygen atoms in total. The summed E-state index contributed by atoms with van der Waals surface area (Å²) in [5.74, 6) is -0.961. The molecule has 1 aromatic heterocycles. The van der Waals surface area contributed by atoms with Crippen LogP contribution < -0.4 is 0 Å². The van der Waals surface area contributed by atoms with Crippen molar-refractivity contribution in [2.24, 2.45) is 0 Å². The number of ether oxygens (including phenoxy) is 2. The minimum atomic E-state index is -0.961. The van der Waals surface area contributed by atoms with Crippen LogP contribution in [-0.4, -0.2) is 40.7 Å². The van der Waals surface area contributed by atoms with Crippen LogP contribution in [0.1, 0.15) is 27.8 Å². The van der Waals surface area contributed by atoms with E-state index in [0.717, 1.165) is 11.3 Å². The maximum atomic E-state index is 11.1. The van der Waals surface area contributed by atoms with Gasteiger partial charge in [-0.2, -0.15) is 5.10 Å². The fraction of sp³-hybridized carbons (Fsp3) is 0.600. The lowest BCUT2D eigenvalue weighted by Crippen LogP contribution is -2.33. The molecule has 0 bridgehead atoms. The monoisotopic (exact) mass is 224 g/mol. The number of hydrogen-bond acceptors (Lipinski definition) is 4. The molecule has 0 spiro atoms. The van der Waals surface area contributed by atoms with E-state index in [1.165, 1.54) is 0 Å². The molecular weight excluding hydrogens is 212 g/mol. The third kappa shape index (κ3) is 1.34. The number of aromatic carboxylic acids is 1. The van der Waals surface area contributed by atoms with E-state index < -0.39 is 5.97 Å². The lowest BCUT2D eigenvalue weighted by molar-refractivity contribution is -0.0328. The molecule has 0 aliphatic carbocycles. The molecule has 0 aromatic carbocycles. The highest BCUT2D eigenvalue weighted by Crippen LogP contribution is 2.26.